The zero-order chi connectivity index (χ0) is 13.8. The molecular formula is C13H15F2N3O. The van der Waals surface area contributed by atoms with Crippen molar-refractivity contribution in [3.8, 4) is 17.0 Å². The van der Waals surface area contributed by atoms with Crippen LogP contribution in [0.1, 0.15) is 13.8 Å². The summed E-state index contributed by atoms with van der Waals surface area (Å²) in [5.74, 6) is 0.886. The first-order chi connectivity index (χ1) is 9.04. The van der Waals surface area contributed by atoms with Crippen LogP contribution in [-0.4, -0.2) is 22.9 Å². The Morgan fingerprint density at radius 3 is 2.47 bits per heavy atom. The molecule has 0 radical (unpaired) electrons. The van der Waals surface area contributed by atoms with Crippen molar-refractivity contribution < 1.29 is 13.5 Å². The highest BCUT2D eigenvalue weighted by molar-refractivity contribution is 5.63. The maximum atomic E-state index is 12.0. The van der Waals surface area contributed by atoms with Crippen molar-refractivity contribution in [1.82, 2.24) is 10.2 Å². The van der Waals surface area contributed by atoms with Crippen molar-refractivity contribution >= 4 is 5.82 Å². The lowest BCUT2D eigenvalue weighted by Gasteiger charge is -2.05. The Hall–Kier alpha value is -2.11. The molecule has 0 spiro atoms. The van der Waals surface area contributed by atoms with Crippen LogP contribution in [0.15, 0.2) is 30.3 Å². The summed E-state index contributed by atoms with van der Waals surface area (Å²) in [6.45, 7) is 1.23. The number of H-pyrrole nitrogens is 1. The summed E-state index contributed by atoms with van der Waals surface area (Å²) in [7, 11) is 0. The summed E-state index contributed by atoms with van der Waals surface area (Å²) in [4.78, 5) is 0. The number of halogens is 2. The zero-order valence-electron chi connectivity index (χ0n) is 10.7. The first kappa shape index (κ1) is 13.3. The van der Waals surface area contributed by atoms with E-state index in [1.54, 1.807) is 12.1 Å². The molecule has 6 heteroatoms. The third-order valence-corrected chi connectivity index (χ3v) is 2.40. The van der Waals surface area contributed by atoms with Gasteiger partial charge >= 0.3 is 6.61 Å². The lowest BCUT2D eigenvalue weighted by Crippen LogP contribution is -2.09. The van der Waals surface area contributed by atoms with Crippen molar-refractivity contribution in [3.63, 3.8) is 0 Å². The number of anilines is 1. The van der Waals surface area contributed by atoms with Gasteiger partial charge in [-0.15, -0.1) is 0 Å². The largest absolute Gasteiger partial charge is 0.435 e. The maximum absolute atomic E-state index is 12.0. The van der Waals surface area contributed by atoms with Crippen LogP contribution in [0, 0.1) is 0 Å². The van der Waals surface area contributed by atoms with E-state index in [4.69, 9.17) is 0 Å². The molecule has 2 N–H and O–H groups in total. The van der Waals surface area contributed by atoms with Crippen LogP contribution in [0.25, 0.3) is 11.3 Å². The van der Waals surface area contributed by atoms with Crippen molar-refractivity contribution in [2.24, 2.45) is 0 Å². The van der Waals surface area contributed by atoms with Gasteiger partial charge in [0.2, 0.25) is 0 Å². The fourth-order valence-corrected chi connectivity index (χ4v) is 1.66. The average molecular weight is 267 g/mol. The van der Waals surface area contributed by atoms with Gasteiger partial charge in [0.1, 0.15) is 11.6 Å². The molecular weight excluding hydrogens is 252 g/mol. The Morgan fingerprint density at radius 2 is 1.89 bits per heavy atom. The Balaban J connectivity index is 2.11. The molecule has 2 aromatic rings. The van der Waals surface area contributed by atoms with E-state index in [0.29, 0.717) is 0 Å². The fourth-order valence-electron chi connectivity index (χ4n) is 1.66. The van der Waals surface area contributed by atoms with Crippen LogP contribution >= 0.6 is 0 Å². The number of benzene rings is 1. The average Bonchev–Trinajstić information content (AvgIpc) is 2.76. The number of hydrogen-bond acceptors (Lipinski definition) is 3. The summed E-state index contributed by atoms with van der Waals surface area (Å²) in [6.07, 6.45) is 0. The molecule has 0 unspecified atom stereocenters. The minimum Gasteiger partial charge on any atom is -0.435 e. The molecule has 0 saturated heterocycles. The standard InChI is InChI=1S/C13H15F2N3O/c1-8(2)16-12-7-11(17-18-12)9-3-5-10(6-4-9)19-13(14)15/h3-8,13H,1-2H3,(H2,16,17,18). The number of nitrogens with zero attached hydrogens (tertiary/aromatic N) is 1. The van der Waals surface area contributed by atoms with E-state index in [1.165, 1.54) is 12.1 Å². The van der Waals surface area contributed by atoms with Crippen LogP contribution in [0.3, 0.4) is 0 Å². The zero-order valence-corrected chi connectivity index (χ0v) is 10.7. The first-order valence-electron chi connectivity index (χ1n) is 5.92. The van der Waals surface area contributed by atoms with E-state index < -0.39 is 6.61 Å². The molecule has 2 rings (SSSR count). The first-order valence-corrected chi connectivity index (χ1v) is 5.92. The normalized spacial score (nSPS) is 11.1. The summed E-state index contributed by atoms with van der Waals surface area (Å²) < 4.78 is 28.3. The quantitative estimate of drug-likeness (QED) is 0.871. The highest BCUT2D eigenvalue weighted by Crippen LogP contribution is 2.23. The van der Waals surface area contributed by atoms with Gasteiger partial charge in [0.15, 0.2) is 0 Å². The van der Waals surface area contributed by atoms with E-state index in [0.717, 1.165) is 17.1 Å². The number of aromatic amines is 1. The Morgan fingerprint density at radius 1 is 1.21 bits per heavy atom. The number of nitrogens with one attached hydrogen (secondary N) is 2. The Bertz CT molecular complexity index is 523. The second-order valence-corrected chi connectivity index (χ2v) is 4.37. The molecule has 19 heavy (non-hydrogen) atoms. The van der Waals surface area contributed by atoms with E-state index in [1.807, 2.05) is 19.9 Å². The molecule has 4 nitrogen and oxygen atoms in total. The second-order valence-electron chi connectivity index (χ2n) is 4.37. The van der Waals surface area contributed by atoms with Gasteiger partial charge in [-0.3, -0.25) is 5.10 Å². The molecule has 102 valence electrons. The van der Waals surface area contributed by atoms with Gasteiger partial charge in [0.25, 0.3) is 0 Å². The minimum atomic E-state index is -2.81. The van der Waals surface area contributed by atoms with E-state index in [2.05, 4.69) is 20.3 Å². The number of hydrogen-bond donors (Lipinski definition) is 2. The van der Waals surface area contributed by atoms with Gasteiger partial charge < -0.3 is 10.1 Å². The van der Waals surface area contributed by atoms with Crippen LogP contribution < -0.4 is 10.1 Å². The lowest BCUT2D eigenvalue weighted by molar-refractivity contribution is -0.0498. The predicted octanol–water partition coefficient (Wildman–Crippen LogP) is 3.50. The minimum absolute atomic E-state index is 0.138. The summed E-state index contributed by atoms with van der Waals surface area (Å²) in [5, 5.41) is 10.2. The van der Waals surface area contributed by atoms with E-state index in [9.17, 15) is 8.78 Å². The lowest BCUT2D eigenvalue weighted by atomic mass is 10.1. The molecule has 0 aliphatic carbocycles. The summed E-state index contributed by atoms with van der Waals surface area (Å²) >= 11 is 0. The Labute approximate surface area is 109 Å². The monoisotopic (exact) mass is 267 g/mol. The smallest absolute Gasteiger partial charge is 0.387 e. The molecule has 1 heterocycles. The number of alkyl halides is 2. The van der Waals surface area contributed by atoms with Crippen LogP contribution in [0.5, 0.6) is 5.75 Å². The highest BCUT2D eigenvalue weighted by Gasteiger charge is 2.07. The topological polar surface area (TPSA) is 49.9 Å². The van der Waals surface area contributed by atoms with Crippen LogP contribution in [0.2, 0.25) is 0 Å². The molecule has 0 amide bonds. The fraction of sp³-hybridized carbons (Fsp3) is 0.308. The van der Waals surface area contributed by atoms with Crippen molar-refractivity contribution in [2.75, 3.05) is 5.32 Å². The third kappa shape index (κ3) is 3.67. The molecule has 1 aromatic heterocycles. The van der Waals surface area contributed by atoms with Gasteiger partial charge in [-0.1, -0.05) is 0 Å². The second kappa shape index (κ2) is 5.69. The maximum Gasteiger partial charge on any atom is 0.387 e. The van der Waals surface area contributed by atoms with Crippen LogP contribution in [-0.2, 0) is 0 Å². The molecule has 0 aliphatic heterocycles. The highest BCUT2D eigenvalue weighted by atomic mass is 19.3. The molecule has 0 bridgehead atoms. The van der Waals surface area contributed by atoms with Crippen molar-refractivity contribution in [2.45, 2.75) is 26.5 Å². The van der Waals surface area contributed by atoms with Gasteiger partial charge in [0, 0.05) is 12.1 Å². The van der Waals surface area contributed by atoms with Gasteiger partial charge in [0.05, 0.1) is 5.69 Å². The summed E-state index contributed by atoms with van der Waals surface area (Å²) in [6, 6.07) is 8.55. The van der Waals surface area contributed by atoms with Crippen LogP contribution in [0.4, 0.5) is 14.6 Å². The molecule has 0 fully saturated rings. The number of aromatic nitrogens is 2. The Kier molecular flexibility index (Phi) is 3.99. The third-order valence-electron chi connectivity index (χ3n) is 2.40. The summed E-state index contributed by atoms with van der Waals surface area (Å²) in [5.41, 5.74) is 1.66. The van der Waals surface area contributed by atoms with E-state index >= 15 is 0 Å². The van der Waals surface area contributed by atoms with Crippen molar-refractivity contribution in [1.29, 1.82) is 0 Å². The molecule has 1 aromatic carbocycles. The molecule has 0 saturated carbocycles. The number of ether oxygens (including phenoxy) is 1. The van der Waals surface area contributed by atoms with Crippen molar-refractivity contribution in [3.05, 3.63) is 30.3 Å². The van der Waals surface area contributed by atoms with Gasteiger partial charge in [-0.05, 0) is 43.7 Å². The SMILES string of the molecule is CC(C)Nc1cc(-c2ccc(OC(F)F)cc2)[nH]n1. The van der Waals surface area contributed by atoms with E-state index in [-0.39, 0.29) is 11.8 Å². The molecule has 0 aliphatic rings. The van der Waals surface area contributed by atoms with Gasteiger partial charge in [-0.25, -0.2) is 0 Å². The number of rotatable bonds is 5. The van der Waals surface area contributed by atoms with Gasteiger partial charge in [-0.2, -0.15) is 13.9 Å². The predicted molar refractivity (Wildman–Crippen MR) is 69.4 cm³/mol. The molecule has 0 atom stereocenters.